The van der Waals surface area contributed by atoms with Crippen LogP contribution >= 0.6 is 0 Å². The lowest BCUT2D eigenvalue weighted by Gasteiger charge is -2.09. The third-order valence-electron chi connectivity index (χ3n) is 2.40. The molecule has 0 aliphatic heterocycles. The zero-order chi connectivity index (χ0) is 9.69. The molecule has 1 saturated carbocycles. The van der Waals surface area contributed by atoms with Crippen LogP contribution in [0.15, 0.2) is 18.3 Å². The lowest BCUT2D eigenvalue weighted by molar-refractivity contribution is 0.0881. The van der Waals surface area contributed by atoms with E-state index in [-0.39, 0.29) is 12.1 Å². The molecule has 0 spiro atoms. The number of nitrogens with zero attached hydrogens (tertiary/aromatic N) is 1. The minimum Gasteiger partial charge on any atom is -0.315 e. The molecule has 1 atom stereocenters. The quantitative estimate of drug-likeness (QED) is 0.719. The Morgan fingerprint density at radius 2 is 2.15 bits per heavy atom. The van der Waals surface area contributed by atoms with Gasteiger partial charge in [-0.2, -0.15) is 0 Å². The van der Waals surface area contributed by atoms with Crippen LogP contribution in [0, 0.1) is 6.92 Å². The number of nitrogens with two attached hydrogens (primary N) is 1. The Balaban J connectivity index is 2.38. The molecule has 0 bridgehead atoms. The van der Waals surface area contributed by atoms with E-state index in [0.717, 1.165) is 5.56 Å². The van der Waals surface area contributed by atoms with Gasteiger partial charge in [0.05, 0.1) is 5.69 Å². The van der Waals surface area contributed by atoms with Crippen molar-refractivity contribution >= 4 is 0 Å². The van der Waals surface area contributed by atoms with Gasteiger partial charge in [0.1, 0.15) is 5.54 Å². The van der Waals surface area contributed by atoms with Crippen LogP contribution in [0.4, 0.5) is 8.78 Å². The van der Waals surface area contributed by atoms with Gasteiger partial charge in [-0.05, 0) is 24.6 Å². The molecule has 0 radical (unpaired) electrons. The van der Waals surface area contributed by atoms with E-state index in [4.69, 9.17) is 5.73 Å². The number of alkyl halides is 2. The van der Waals surface area contributed by atoms with Crippen molar-refractivity contribution in [3.05, 3.63) is 29.6 Å². The maximum Gasteiger partial charge on any atom is 0.273 e. The first-order valence-electron chi connectivity index (χ1n) is 4.05. The van der Waals surface area contributed by atoms with E-state index in [1.54, 1.807) is 12.1 Å². The van der Waals surface area contributed by atoms with Crippen molar-refractivity contribution in [2.75, 3.05) is 0 Å². The van der Waals surface area contributed by atoms with Crippen molar-refractivity contribution in [1.82, 2.24) is 4.98 Å². The van der Waals surface area contributed by atoms with Gasteiger partial charge in [-0.3, -0.25) is 4.98 Å². The third-order valence-corrected chi connectivity index (χ3v) is 2.40. The summed E-state index contributed by atoms with van der Waals surface area (Å²) in [6.45, 7) is 1.83. The van der Waals surface area contributed by atoms with Gasteiger partial charge in [0.2, 0.25) is 0 Å². The second-order valence-electron chi connectivity index (χ2n) is 3.57. The Hall–Kier alpha value is -1.03. The van der Waals surface area contributed by atoms with Gasteiger partial charge >= 0.3 is 0 Å². The zero-order valence-electron chi connectivity index (χ0n) is 7.22. The molecule has 1 aromatic heterocycles. The minimum atomic E-state index is -2.78. The molecule has 1 unspecified atom stereocenters. The molecule has 2 nitrogen and oxygen atoms in total. The van der Waals surface area contributed by atoms with E-state index in [2.05, 4.69) is 4.98 Å². The van der Waals surface area contributed by atoms with Gasteiger partial charge in [0.25, 0.3) is 5.92 Å². The van der Waals surface area contributed by atoms with E-state index >= 15 is 0 Å². The normalized spacial score (nSPS) is 30.2. The van der Waals surface area contributed by atoms with Crippen LogP contribution in [-0.4, -0.2) is 10.9 Å². The predicted octanol–water partition coefficient (Wildman–Crippen LogP) is 1.58. The first kappa shape index (κ1) is 8.56. The number of aryl methyl sites for hydroxylation is 1. The standard InChI is InChI=1S/C9H10F2N2/c1-6-2-3-13-7(4-6)8(12)5-9(8,10)11/h2-4H,5,12H2,1H3. The molecule has 0 saturated heterocycles. The van der Waals surface area contributed by atoms with Crippen LogP contribution in [0.25, 0.3) is 0 Å². The highest BCUT2D eigenvalue weighted by Gasteiger charge is 2.70. The number of rotatable bonds is 1. The van der Waals surface area contributed by atoms with Gasteiger partial charge < -0.3 is 5.73 Å². The summed E-state index contributed by atoms with van der Waals surface area (Å²) in [5, 5.41) is 0. The average molecular weight is 184 g/mol. The van der Waals surface area contributed by atoms with Gasteiger partial charge in [-0.15, -0.1) is 0 Å². The van der Waals surface area contributed by atoms with Gasteiger partial charge in [-0.1, -0.05) is 0 Å². The second-order valence-corrected chi connectivity index (χ2v) is 3.57. The van der Waals surface area contributed by atoms with Crippen molar-refractivity contribution < 1.29 is 8.78 Å². The number of pyridine rings is 1. The summed E-state index contributed by atoms with van der Waals surface area (Å²) in [6.07, 6.45) is 1.21. The molecule has 70 valence electrons. The molecule has 1 fully saturated rings. The number of hydrogen-bond acceptors (Lipinski definition) is 2. The van der Waals surface area contributed by atoms with Crippen LogP contribution in [0.2, 0.25) is 0 Å². The van der Waals surface area contributed by atoms with Gasteiger partial charge in [0, 0.05) is 12.6 Å². The number of aromatic nitrogens is 1. The maximum atomic E-state index is 12.8. The van der Waals surface area contributed by atoms with Crippen LogP contribution < -0.4 is 5.73 Å². The average Bonchev–Trinajstić information content (AvgIpc) is 2.53. The lowest BCUT2D eigenvalue weighted by Crippen LogP contribution is -2.28. The highest BCUT2D eigenvalue weighted by Crippen LogP contribution is 2.56. The fourth-order valence-electron chi connectivity index (χ4n) is 1.36. The van der Waals surface area contributed by atoms with Crippen LogP contribution in [0.5, 0.6) is 0 Å². The summed E-state index contributed by atoms with van der Waals surface area (Å²) in [5.74, 6) is -2.78. The summed E-state index contributed by atoms with van der Waals surface area (Å²) in [4.78, 5) is 3.86. The van der Waals surface area contributed by atoms with Crippen molar-refractivity contribution in [3.63, 3.8) is 0 Å². The fourth-order valence-corrected chi connectivity index (χ4v) is 1.36. The summed E-state index contributed by atoms with van der Waals surface area (Å²) in [5.41, 5.74) is 5.18. The molecule has 2 rings (SSSR count). The molecule has 0 aromatic carbocycles. The van der Waals surface area contributed by atoms with Gasteiger partial charge in [-0.25, -0.2) is 8.78 Å². The van der Waals surface area contributed by atoms with Crippen molar-refractivity contribution in [2.24, 2.45) is 5.73 Å². The lowest BCUT2D eigenvalue weighted by atomic mass is 10.1. The fraction of sp³-hybridized carbons (Fsp3) is 0.444. The van der Waals surface area contributed by atoms with Gasteiger partial charge in [0.15, 0.2) is 0 Å². The molecular formula is C9H10F2N2. The Morgan fingerprint density at radius 3 is 2.62 bits per heavy atom. The summed E-state index contributed by atoms with van der Waals surface area (Å²) >= 11 is 0. The molecule has 13 heavy (non-hydrogen) atoms. The maximum absolute atomic E-state index is 12.8. The number of hydrogen-bond donors (Lipinski definition) is 1. The van der Waals surface area contributed by atoms with E-state index in [1.165, 1.54) is 6.20 Å². The summed E-state index contributed by atoms with van der Waals surface area (Å²) < 4.78 is 25.7. The molecule has 1 aliphatic rings. The monoisotopic (exact) mass is 184 g/mol. The Labute approximate surface area is 74.8 Å². The highest BCUT2D eigenvalue weighted by molar-refractivity contribution is 5.32. The van der Waals surface area contributed by atoms with Crippen LogP contribution in [-0.2, 0) is 5.54 Å². The Bertz CT molecular complexity index is 351. The van der Waals surface area contributed by atoms with Crippen molar-refractivity contribution in [3.8, 4) is 0 Å². The topological polar surface area (TPSA) is 38.9 Å². The molecule has 0 amide bonds. The molecule has 4 heteroatoms. The van der Waals surface area contributed by atoms with Crippen molar-refractivity contribution in [1.29, 1.82) is 0 Å². The zero-order valence-corrected chi connectivity index (χ0v) is 7.22. The largest absolute Gasteiger partial charge is 0.315 e. The summed E-state index contributed by atoms with van der Waals surface area (Å²) in [6, 6.07) is 3.37. The SMILES string of the molecule is Cc1ccnc(C2(N)CC2(F)F)c1. The first-order chi connectivity index (χ1) is 5.96. The highest BCUT2D eigenvalue weighted by atomic mass is 19.3. The third kappa shape index (κ3) is 1.13. The molecule has 1 aliphatic carbocycles. The first-order valence-corrected chi connectivity index (χ1v) is 4.05. The smallest absolute Gasteiger partial charge is 0.273 e. The van der Waals surface area contributed by atoms with Crippen LogP contribution in [0.1, 0.15) is 17.7 Å². The Kier molecular flexibility index (Phi) is 1.49. The Morgan fingerprint density at radius 1 is 1.54 bits per heavy atom. The molecule has 1 aromatic rings. The molecule has 2 N–H and O–H groups in total. The van der Waals surface area contributed by atoms with E-state index in [0.29, 0.717) is 0 Å². The number of halogens is 2. The second kappa shape index (κ2) is 2.26. The molecule has 1 heterocycles. The summed E-state index contributed by atoms with van der Waals surface area (Å²) in [7, 11) is 0. The molecular weight excluding hydrogens is 174 g/mol. The van der Waals surface area contributed by atoms with Crippen molar-refractivity contribution in [2.45, 2.75) is 24.8 Å². The van der Waals surface area contributed by atoms with Crippen LogP contribution in [0.3, 0.4) is 0 Å². The van der Waals surface area contributed by atoms with E-state index in [1.807, 2.05) is 6.92 Å². The predicted molar refractivity (Wildman–Crippen MR) is 44.4 cm³/mol. The van der Waals surface area contributed by atoms with E-state index in [9.17, 15) is 8.78 Å². The minimum absolute atomic E-state index is 0.289. The van der Waals surface area contributed by atoms with E-state index < -0.39 is 11.5 Å².